The van der Waals surface area contributed by atoms with Crippen LogP contribution in [0.4, 0.5) is 0 Å². The minimum absolute atomic E-state index is 0.0157. The van der Waals surface area contributed by atoms with Gasteiger partial charge in [-0.05, 0) is 151 Å². The molecular formula is C62H50. The molecule has 2 aliphatic rings. The summed E-state index contributed by atoms with van der Waals surface area (Å²) >= 11 is 0. The fourth-order valence-corrected chi connectivity index (χ4v) is 11.2. The van der Waals surface area contributed by atoms with E-state index in [1.54, 1.807) is 0 Å². The van der Waals surface area contributed by atoms with Crippen LogP contribution in [0.3, 0.4) is 0 Å². The van der Waals surface area contributed by atoms with E-state index < -0.39 is 0 Å². The Hall–Kier alpha value is -6.76. The van der Waals surface area contributed by atoms with Gasteiger partial charge < -0.3 is 0 Å². The molecule has 0 heteroatoms. The lowest BCUT2D eigenvalue weighted by molar-refractivity contribution is 0.591. The third-order valence-corrected chi connectivity index (χ3v) is 14.8. The maximum Gasteiger partial charge on any atom is 0.0159 e. The number of fused-ring (bicyclic) bond motifs is 6. The van der Waals surface area contributed by atoms with Crippen LogP contribution in [0.15, 0.2) is 176 Å². The highest BCUT2D eigenvalue weighted by molar-refractivity contribution is 6.25. The van der Waals surface area contributed by atoms with Crippen LogP contribution in [0.25, 0.3) is 99.1 Å². The molecule has 0 radical (unpaired) electrons. The lowest BCUT2D eigenvalue weighted by Crippen LogP contribution is -2.15. The Bertz CT molecular complexity index is 3440. The van der Waals surface area contributed by atoms with Crippen molar-refractivity contribution in [2.75, 3.05) is 0 Å². The van der Waals surface area contributed by atoms with Crippen LogP contribution in [-0.4, -0.2) is 0 Å². The van der Waals surface area contributed by atoms with Crippen molar-refractivity contribution in [3.05, 3.63) is 204 Å². The minimum Gasteiger partial charge on any atom is -0.0619 e. The van der Waals surface area contributed by atoms with E-state index in [4.69, 9.17) is 0 Å². The summed E-state index contributed by atoms with van der Waals surface area (Å²) in [6, 6.07) is 67.2. The normalized spacial score (nSPS) is 14.6. The lowest BCUT2D eigenvalue weighted by atomic mass is 9.80. The molecule has 10 aromatic carbocycles. The molecule has 0 saturated heterocycles. The first-order valence-corrected chi connectivity index (χ1v) is 22.3. The predicted molar refractivity (Wildman–Crippen MR) is 266 cm³/mol. The second-order valence-corrected chi connectivity index (χ2v) is 20.2. The van der Waals surface area contributed by atoms with E-state index in [0.29, 0.717) is 0 Å². The molecule has 62 heavy (non-hydrogen) atoms. The molecule has 0 amide bonds. The molecule has 0 aliphatic heterocycles. The summed E-state index contributed by atoms with van der Waals surface area (Å²) in [6.45, 7) is 16.4. The van der Waals surface area contributed by atoms with Gasteiger partial charge >= 0.3 is 0 Å². The molecule has 2 aliphatic carbocycles. The Balaban J connectivity index is 0.817. The highest BCUT2D eigenvalue weighted by atomic mass is 14.4. The van der Waals surface area contributed by atoms with E-state index in [1.165, 1.54) is 127 Å². The molecule has 0 saturated carbocycles. The van der Waals surface area contributed by atoms with Gasteiger partial charge in [0.25, 0.3) is 0 Å². The van der Waals surface area contributed by atoms with Gasteiger partial charge in [-0.2, -0.15) is 0 Å². The molecule has 0 fully saturated rings. The van der Waals surface area contributed by atoms with Crippen LogP contribution in [0.2, 0.25) is 0 Å². The monoisotopic (exact) mass is 794 g/mol. The number of benzene rings is 10. The Kier molecular flexibility index (Phi) is 7.70. The average molecular weight is 795 g/mol. The van der Waals surface area contributed by atoms with Gasteiger partial charge in [0.1, 0.15) is 0 Å². The summed E-state index contributed by atoms with van der Waals surface area (Å²) in [5.41, 5.74) is 22.5. The van der Waals surface area contributed by atoms with Gasteiger partial charge in [-0.25, -0.2) is 0 Å². The molecule has 12 rings (SSSR count). The summed E-state index contributed by atoms with van der Waals surface area (Å²) in [5.74, 6) is 0. The van der Waals surface area contributed by atoms with Gasteiger partial charge in [0.15, 0.2) is 0 Å². The zero-order valence-electron chi connectivity index (χ0n) is 36.7. The second kappa shape index (κ2) is 12.9. The molecular weight excluding hydrogens is 745 g/mol. The van der Waals surface area contributed by atoms with Crippen LogP contribution in [-0.2, 0) is 16.2 Å². The van der Waals surface area contributed by atoms with Crippen molar-refractivity contribution in [3.63, 3.8) is 0 Å². The number of rotatable bonds is 4. The highest BCUT2D eigenvalue weighted by Gasteiger charge is 2.37. The fourth-order valence-electron chi connectivity index (χ4n) is 11.2. The van der Waals surface area contributed by atoms with Crippen molar-refractivity contribution in [1.82, 2.24) is 0 Å². The van der Waals surface area contributed by atoms with E-state index in [0.717, 1.165) is 0 Å². The molecule has 0 spiro atoms. The van der Waals surface area contributed by atoms with Crippen LogP contribution >= 0.6 is 0 Å². The molecule has 298 valence electrons. The molecule has 0 nitrogen and oxygen atoms in total. The van der Waals surface area contributed by atoms with Crippen LogP contribution in [0.5, 0.6) is 0 Å². The smallest absolute Gasteiger partial charge is 0.0159 e. The Morgan fingerprint density at radius 3 is 1.24 bits per heavy atom. The molecule has 0 heterocycles. The van der Waals surface area contributed by atoms with Gasteiger partial charge in [-0.3, -0.25) is 0 Å². The van der Waals surface area contributed by atoms with E-state index in [1.807, 2.05) is 0 Å². The van der Waals surface area contributed by atoms with Gasteiger partial charge in [0.05, 0.1) is 0 Å². The second-order valence-electron chi connectivity index (χ2n) is 20.2. The molecule has 0 bridgehead atoms. The van der Waals surface area contributed by atoms with E-state index in [9.17, 15) is 0 Å². The van der Waals surface area contributed by atoms with Gasteiger partial charge in [0, 0.05) is 10.8 Å². The molecule has 0 atom stereocenters. The third-order valence-electron chi connectivity index (χ3n) is 14.8. The maximum atomic E-state index is 2.46. The predicted octanol–water partition coefficient (Wildman–Crippen LogP) is 17.2. The zero-order valence-corrected chi connectivity index (χ0v) is 36.7. The van der Waals surface area contributed by atoms with E-state index in [2.05, 4.69) is 224 Å². The van der Waals surface area contributed by atoms with Crippen molar-refractivity contribution in [1.29, 1.82) is 0 Å². The van der Waals surface area contributed by atoms with Gasteiger partial charge in [-0.1, -0.05) is 206 Å². The fraction of sp³-hybridized carbons (Fsp3) is 0.161. The van der Waals surface area contributed by atoms with E-state index in [-0.39, 0.29) is 16.2 Å². The topological polar surface area (TPSA) is 0 Å². The molecule has 0 unspecified atom stereocenters. The average Bonchev–Trinajstić information content (AvgIpc) is 3.66. The lowest BCUT2D eigenvalue weighted by Gasteiger charge is -2.23. The first kappa shape index (κ1) is 37.0. The summed E-state index contributed by atoms with van der Waals surface area (Å²) < 4.78 is 0. The Labute approximate surface area is 365 Å². The highest BCUT2D eigenvalue weighted by Crippen LogP contribution is 2.53. The van der Waals surface area contributed by atoms with Crippen molar-refractivity contribution in [2.24, 2.45) is 0 Å². The van der Waals surface area contributed by atoms with Gasteiger partial charge in [-0.15, -0.1) is 0 Å². The van der Waals surface area contributed by atoms with Crippen LogP contribution in [0.1, 0.15) is 76.3 Å². The van der Waals surface area contributed by atoms with Crippen molar-refractivity contribution in [2.45, 2.75) is 64.7 Å². The first-order valence-electron chi connectivity index (χ1n) is 22.3. The third kappa shape index (κ3) is 5.39. The molecule has 10 aromatic rings. The SMILES string of the molecule is CC(C)(C)c1cc2ccc3ccc(-c4ccc(-c5ccc(-c6ccc7c(c6)C(C)(C)c6cc(-c8ccc9c(c8)C(C)(C)c8ccccc8-9)ccc6-7)cc5)cc4)c4ccc(c1)c2c34. The quantitative estimate of drug-likeness (QED) is 0.156. The van der Waals surface area contributed by atoms with Crippen LogP contribution < -0.4 is 0 Å². The minimum atomic E-state index is -0.116. The standard InChI is InChI=1S/C62H50/c1-60(2,3)47-32-45-21-20-41-22-27-48(53-31-26-46(33-47)58(45)59(41)53)40-18-16-38(17-19-40)37-12-14-39(15-13-37)42-23-28-51-52-30-25-44(36-57(52)62(6,7)56(51)34-42)43-24-29-50-49-10-8-9-11-54(49)61(4,5)55(50)35-43/h8-36H,1-7H3. The Morgan fingerprint density at radius 2 is 0.694 bits per heavy atom. The molecule has 0 N–H and O–H groups in total. The van der Waals surface area contributed by atoms with Gasteiger partial charge in [0.2, 0.25) is 0 Å². The summed E-state index contributed by atoms with van der Waals surface area (Å²) in [7, 11) is 0. The van der Waals surface area contributed by atoms with Crippen molar-refractivity contribution >= 4 is 32.3 Å². The Morgan fingerprint density at radius 1 is 0.306 bits per heavy atom. The maximum absolute atomic E-state index is 2.46. The largest absolute Gasteiger partial charge is 0.0619 e. The van der Waals surface area contributed by atoms with Crippen molar-refractivity contribution < 1.29 is 0 Å². The number of hydrogen-bond acceptors (Lipinski definition) is 0. The summed E-state index contributed by atoms with van der Waals surface area (Å²) in [6.07, 6.45) is 0. The summed E-state index contributed by atoms with van der Waals surface area (Å²) in [4.78, 5) is 0. The molecule has 0 aromatic heterocycles. The summed E-state index contributed by atoms with van der Waals surface area (Å²) in [5, 5.41) is 8.01. The zero-order chi connectivity index (χ0) is 42.3. The number of hydrogen-bond donors (Lipinski definition) is 0. The van der Waals surface area contributed by atoms with Crippen LogP contribution in [0, 0.1) is 0 Å². The first-order chi connectivity index (χ1) is 29.8. The van der Waals surface area contributed by atoms with E-state index >= 15 is 0 Å². The van der Waals surface area contributed by atoms with Crippen molar-refractivity contribution in [3.8, 4) is 66.8 Å².